The second-order valence-corrected chi connectivity index (χ2v) is 8.58. The van der Waals surface area contributed by atoms with Gasteiger partial charge in [-0.15, -0.1) is 0 Å². The molecule has 1 N–H and O–H groups in total. The van der Waals surface area contributed by atoms with Crippen molar-refractivity contribution in [2.75, 3.05) is 31.6 Å². The van der Waals surface area contributed by atoms with Crippen LogP contribution in [0, 0.1) is 13.8 Å². The molecule has 0 atom stereocenters. The maximum atomic E-state index is 12.9. The summed E-state index contributed by atoms with van der Waals surface area (Å²) in [5.41, 5.74) is 1.25. The van der Waals surface area contributed by atoms with E-state index < -0.39 is 15.9 Å². The lowest BCUT2D eigenvalue weighted by molar-refractivity contribution is 0.0730. The fourth-order valence-corrected chi connectivity index (χ4v) is 4.97. The fourth-order valence-electron chi connectivity index (χ4n) is 2.62. The number of hydrogen-bond donors (Lipinski definition) is 1. The highest BCUT2D eigenvalue weighted by Gasteiger charge is 2.29. The number of aromatic nitrogens is 1. The maximum Gasteiger partial charge on any atom is 0.255 e. The van der Waals surface area contributed by atoms with Crippen molar-refractivity contribution in [3.05, 3.63) is 39.7 Å². The van der Waals surface area contributed by atoms with Crippen LogP contribution >= 0.6 is 15.9 Å². The smallest absolute Gasteiger partial charge is 0.255 e. The van der Waals surface area contributed by atoms with Crippen LogP contribution in [0.2, 0.25) is 0 Å². The molecule has 1 aromatic heterocycles. The van der Waals surface area contributed by atoms with Gasteiger partial charge in [-0.05, 0) is 48.0 Å². The van der Waals surface area contributed by atoms with Crippen LogP contribution < -0.4 is 5.32 Å². The molecule has 140 valence electrons. The zero-order valence-electron chi connectivity index (χ0n) is 14.3. The first-order valence-corrected chi connectivity index (χ1v) is 10.2. The van der Waals surface area contributed by atoms with Crippen molar-refractivity contribution in [3.63, 3.8) is 0 Å². The van der Waals surface area contributed by atoms with Gasteiger partial charge in [0.25, 0.3) is 5.91 Å². The van der Waals surface area contributed by atoms with Gasteiger partial charge in [0.1, 0.15) is 11.4 Å². The number of nitrogens with one attached hydrogen (secondary N) is 1. The Morgan fingerprint density at radius 2 is 1.96 bits per heavy atom. The molecule has 1 aliphatic rings. The fraction of sp³-hybridized carbons (Fsp3) is 0.375. The minimum atomic E-state index is -3.73. The Balaban J connectivity index is 1.91. The molecule has 0 unspecified atom stereocenters. The van der Waals surface area contributed by atoms with E-state index in [4.69, 9.17) is 9.26 Å². The lowest BCUT2D eigenvalue weighted by atomic mass is 10.2. The molecule has 0 saturated carbocycles. The summed E-state index contributed by atoms with van der Waals surface area (Å²) in [6.45, 7) is 4.66. The molecule has 1 saturated heterocycles. The van der Waals surface area contributed by atoms with Crippen molar-refractivity contribution in [1.82, 2.24) is 9.46 Å². The van der Waals surface area contributed by atoms with E-state index >= 15 is 0 Å². The predicted octanol–water partition coefficient (Wildman–Crippen LogP) is 2.33. The lowest BCUT2D eigenvalue weighted by Crippen LogP contribution is -2.40. The van der Waals surface area contributed by atoms with Crippen LogP contribution in [-0.2, 0) is 14.8 Å². The lowest BCUT2D eigenvalue weighted by Gasteiger charge is -2.26. The van der Waals surface area contributed by atoms with E-state index in [1.54, 1.807) is 26.0 Å². The molecule has 26 heavy (non-hydrogen) atoms. The molecule has 2 aromatic rings. The second-order valence-electron chi connectivity index (χ2n) is 5.81. The summed E-state index contributed by atoms with van der Waals surface area (Å²) in [6, 6.07) is 4.47. The van der Waals surface area contributed by atoms with Gasteiger partial charge in [-0.2, -0.15) is 4.31 Å². The Morgan fingerprint density at radius 1 is 1.27 bits per heavy atom. The van der Waals surface area contributed by atoms with Gasteiger partial charge in [0.2, 0.25) is 10.0 Å². The number of nitrogens with zero attached hydrogens (tertiary/aromatic N) is 2. The molecule has 0 bridgehead atoms. The monoisotopic (exact) mass is 443 g/mol. The Bertz CT molecular complexity index is 916. The highest BCUT2D eigenvalue weighted by Crippen LogP contribution is 2.28. The number of hydrogen-bond acceptors (Lipinski definition) is 6. The highest BCUT2D eigenvalue weighted by atomic mass is 79.9. The van der Waals surface area contributed by atoms with Crippen LogP contribution in [0.15, 0.2) is 32.1 Å². The van der Waals surface area contributed by atoms with Crippen LogP contribution in [0.25, 0.3) is 0 Å². The number of halogens is 1. The molecule has 0 aliphatic carbocycles. The van der Waals surface area contributed by atoms with Crippen molar-refractivity contribution in [2.24, 2.45) is 0 Å². The summed E-state index contributed by atoms with van der Waals surface area (Å²) in [6.07, 6.45) is 0. The van der Waals surface area contributed by atoms with Gasteiger partial charge < -0.3 is 14.6 Å². The standard InChI is InChI=1S/C16H18BrN3O5S/c1-10-15(11(2)25-19-10)18-16(21)12-3-4-13(17)14(9-12)26(22,23)20-5-7-24-8-6-20/h3-4,9H,5-8H2,1-2H3,(H,18,21). The van der Waals surface area contributed by atoms with Crippen molar-refractivity contribution < 1.29 is 22.5 Å². The quantitative estimate of drug-likeness (QED) is 0.777. The van der Waals surface area contributed by atoms with E-state index in [-0.39, 0.29) is 23.5 Å². The first kappa shape index (κ1) is 19.0. The topological polar surface area (TPSA) is 102 Å². The van der Waals surface area contributed by atoms with E-state index in [0.29, 0.717) is 34.8 Å². The van der Waals surface area contributed by atoms with Gasteiger partial charge in [0.15, 0.2) is 5.76 Å². The van der Waals surface area contributed by atoms with Crippen LogP contribution in [0.1, 0.15) is 21.8 Å². The van der Waals surface area contributed by atoms with E-state index in [0.717, 1.165) is 0 Å². The number of benzene rings is 1. The molecule has 1 aliphatic heterocycles. The summed E-state index contributed by atoms with van der Waals surface area (Å²) in [4.78, 5) is 12.6. The number of sulfonamides is 1. The third-order valence-electron chi connectivity index (χ3n) is 4.05. The first-order chi connectivity index (χ1) is 12.3. The molecule has 1 amide bonds. The number of rotatable bonds is 4. The van der Waals surface area contributed by atoms with Crippen LogP contribution in [0.4, 0.5) is 5.69 Å². The predicted molar refractivity (Wildman–Crippen MR) is 97.7 cm³/mol. The summed E-state index contributed by atoms with van der Waals surface area (Å²) in [7, 11) is -3.73. The summed E-state index contributed by atoms with van der Waals surface area (Å²) < 4.78 is 37.8. The first-order valence-electron chi connectivity index (χ1n) is 7.92. The molecule has 0 spiro atoms. The van der Waals surface area contributed by atoms with E-state index in [2.05, 4.69) is 26.4 Å². The van der Waals surface area contributed by atoms with Gasteiger partial charge in [0.05, 0.1) is 18.1 Å². The van der Waals surface area contributed by atoms with Crippen LogP contribution in [0.3, 0.4) is 0 Å². The third kappa shape index (κ3) is 3.68. The molecular formula is C16H18BrN3O5S. The van der Waals surface area contributed by atoms with E-state index in [1.807, 2.05) is 0 Å². The van der Waals surface area contributed by atoms with Gasteiger partial charge in [-0.3, -0.25) is 4.79 Å². The molecule has 10 heteroatoms. The number of ether oxygens (including phenoxy) is 1. The van der Waals surface area contributed by atoms with Gasteiger partial charge >= 0.3 is 0 Å². The minimum Gasteiger partial charge on any atom is -0.379 e. The Morgan fingerprint density at radius 3 is 2.58 bits per heavy atom. The number of carbonyl (C=O) groups is 1. The van der Waals surface area contributed by atoms with Gasteiger partial charge in [-0.25, -0.2) is 8.42 Å². The number of aryl methyl sites for hydroxylation is 2. The Kier molecular flexibility index (Phi) is 5.47. The van der Waals surface area contributed by atoms with Gasteiger partial charge in [-0.1, -0.05) is 5.16 Å². The van der Waals surface area contributed by atoms with Crippen molar-refractivity contribution in [3.8, 4) is 0 Å². The summed E-state index contributed by atoms with van der Waals surface area (Å²) >= 11 is 3.27. The van der Waals surface area contributed by atoms with Crippen LogP contribution in [-0.4, -0.2) is 50.1 Å². The zero-order valence-corrected chi connectivity index (χ0v) is 16.7. The Hall–Kier alpha value is -1.75. The van der Waals surface area contributed by atoms with E-state index in [9.17, 15) is 13.2 Å². The molecule has 1 aromatic carbocycles. The average Bonchev–Trinajstić information content (AvgIpc) is 2.94. The summed E-state index contributed by atoms with van der Waals surface area (Å²) in [5.74, 6) is 0.0412. The number of anilines is 1. The summed E-state index contributed by atoms with van der Waals surface area (Å²) in [5, 5.41) is 6.50. The second kappa shape index (κ2) is 7.47. The molecule has 1 fully saturated rings. The number of amides is 1. The highest BCUT2D eigenvalue weighted by molar-refractivity contribution is 9.10. The molecule has 0 radical (unpaired) electrons. The molecule has 8 nitrogen and oxygen atoms in total. The third-order valence-corrected chi connectivity index (χ3v) is 6.95. The molecular weight excluding hydrogens is 426 g/mol. The molecule has 2 heterocycles. The van der Waals surface area contributed by atoms with Crippen molar-refractivity contribution >= 4 is 37.5 Å². The van der Waals surface area contributed by atoms with Crippen molar-refractivity contribution in [2.45, 2.75) is 18.7 Å². The SMILES string of the molecule is Cc1noc(C)c1NC(=O)c1ccc(Br)c(S(=O)(=O)N2CCOCC2)c1. The largest absolute Gasteiger partial charge is 0.379 e. The average molecular weight is 444 g/mol. The number of carbonyl (C=O) groups excluding carboxylic acids is 1. The van der Waals surface area contributed by atoms with Crippen molar-refractivity contribution in [1.29, 1.82) is 0 Å². The minimum absolute atomic E-state index is 0.0470. The Labute approximate surface area is 159 Å². The normalized spacial score (nSPS) is 15.8. The van der Waals surface area contributed by atoms with Gasteiger partial charge in [0, 0.05) is 23.1 Å². The molecule has 3 rings (SSSR count). The maximum absolute atomic E-state index is 12.9. The number of morpholine rings is 1. The zero-order chi connectivity index (χ0) is 18.9. The van der Waals surface area contributed by atoms with Crippen LogP contribution in [0.5, 0.6) is 0 Å². The van der Waals surface area contributed by atoms with E-state index in [1.165, 1.54) is 10.4 Å².